The van der Waals surface area contributed by atoms with Crippen molar-refractivity contribution in [2.45, 2.75) is 37.5 Å². The average molecular weight is 422 g/mol. The van der Waals surface area contributed by atoms with E-state index in [0.29, 0.717) is 11.8 Å². The average Bonchev–Trinajstić information content (AvgIpc) is 3.32. The van der Waals surface area contributed by atoms with Crippen molar-refractivity contribution in [1.29, 1.82) is 0 Å². The Balaban J connectivity index is 1.39. The monoisotopic (exact) mass is 422 g/mol. The van der Waals surface area contributed by atoms with E-state index in [0.717, 1.165) is 46.7 Å². The highest BCUT2D eigenvalue weighted by atomic mass is 127. The molecule has 2 fully saturated rings. The van der Waals surface area contributed by atoms with Crippen molar-refractivity contribution < 1.29 is 4.79 Å². The maximum Gasteiger partial charge on any atom is 0.253 e. The van der Waals surface area contributed by atoms with Crippen LogP contribution in [0.1, 0.15) is 59.5 Å². The van der Waals surface area contributed by atoms with Crippen molar-refractivity contribution in [3.8, 4) is 0 Å². The van der Waals surface area contributed by atoms with Gasteiger partial charge in [0, 0.05) is 34.1 Å². The van der Waals surface area contributed by atoms with Crippen LogP contribution in [-0.2, 0) is 0 Å². The van der Waals surface area contributed by atoms with E-state index in [-0.39, 0.29) is 5.91 Å². The summed E-state index contributed by atoms with van der Waals surface area (Å²) in [6.45, 7) is 1.57. The lowest BCUT2D eigenvalue weighted by Gasteiger charge is -2.31. The zero-order valence-corrected chi connectivity index (χ0v) is 15.0. The molecule has 2 heterocycles. The fraction of sp³-hybridized carbons (Fsp3) is 0.471. The number of H-pyrrole nitrogens is 1. The topological polar surface area (TPSA) is 61.9 Å². The summed E-state index contributed by atoms with van der Waals surface area (Å²) in [4.78, 5) is 19.2. The van der Waals surface area contributed by atoms with Crippen molar-refractivity contribution in [3.63, 3.8) is 0 Å². The summed E-state index contributed by atoms with van der Waals surface area (Å²) in [5.74, 6) is 3.11. The van der Waals surface area contributed by atoms with E-state index in [1.807, 2.05) is 29.2 Å². The molecule has 2 aliphatic rings. The second kappa shape index (κ2) is 6.22. The van der Waals surface area contributed by atoms with Crippen LogP contribution in [0.3, 0.4) is 0 Å². The summed E-state index contributed by atoms with van der Waals surface area (Å²) in [5.41, 5.74) is 0.783. The molecule has 1 amide bonds. The van der Waals surface area contributed by atoms with Gasteiger partial charge in [-0.2, -0.15) is 5.10 Å². The van der Waals surface area contributed by atoms with Crippen molar-refractivity contribution in [2.24, 2.45) is 0 Å². The Bertz CT molecular complexity index is 717. The number of likely N-dealkylation sites (tertiary alicyclic amines) is 1. The van der Waals surface area contributed by atoms with Crippen molar-refractivity contribution in [3.05, 3.63) is 45.0 Å². The summed E-state index contributed by atoms with van der Waals surface area (Å²) in [7, 11) is 0. The summed E-state index contributed by atoms with van der Waals surface area (Å²) in [6, 6.07) is 7.79. The van der Waals surface area contributed by atoms with E-state index in [1.54, 1.807) is 0 Å². The molecule has 1 saturated heterocycles. The second-order valence-electron chi connectivity index (χ2n) is 6.43. The Hall–Kier alpha value is -1.44. The number of carbonyl (C=O) groups is 1. The minimum absolute atomic E-state index is 0.137. The molecule has 23 heavy (non-hydrogen) atoms. The van der Waals surface area contributed by atoms with Gasteiger partial charge in [0.2, 0.25) is 0 Å². The van der Waals surface area contributed by atoms with E-state index in [4.69, 9.17) is 0 Å². The van der Waals surface area contributed by atoms with Gasteiger partial charge in [-0.15, -0.1) is 0 Å². The number of aromatic nitrogens is 3. The Morgan fingerprint density at radius 1 is 1.17 bits per heavy atom. The summed E-state index contributed by atoms with van der Waals surface area (Å²) in [5, 5.41) is 7.46. The molecule has 120 valence electrons. The lowest BCUT2D eigenvalue weighted by Crippen LogP contribution is -2.38. The van der Waals surface area contributed by atoms with Crippen LogP contribution in [0.25, 0.3) is 0 Å². The van der Waals surface area contributed by atoms with Crippen molar-refractivity contribution in [2.75, 3.05) is 13.1 Å². The predicted octanol–water partition coefficient (Wildman–Crippen LogP) is 3.31. The van der Waals surface area contributed by atoms with Crippen LogP contribution < -0.4 is 0 Å². The number of carbonyl (C=O) groups excluding carboxylic acids is 1. The third-order valence-corrected chi connectivity index (χ3v) is 5.37. The van der Waals surface area contributed by atoms with E-state index >= 15 is 0 Å². The first kappa shape index (κ1) is 15.1. The van der Waals surface area contributed by atoms with Crippen LogP contribution in [0.2, 0.25) is 0 Å². The molecule has 1 saturated carbocycles. The molecular weight excluding hydrogens is 403 g/mol. The zero-order valence-electron chi connectivity index (χ0n) is 12.8. The predicted molar refractivity (Wildman–Crippen MR) is 95.4 cm³/mol. The molecule has 4 rings (SSSR count). The van der Waals surface area contributed by atoms with Crippen LogP contribution in [0.5, 0.6) is 0 Å². The summed E-state index contributed by atoms with van der Waals surface area (Å²) < 4.78 is 1.10. The highest BCUT2D eigenvalue weighted by Gasteiger charge is 2.30. The van der Waals surface area contributed by atoms with Crippen molar-refractivity contribution >= 4 is 28.5 Å². The molecule has 0 unspecified atom stereocenters. The van der Waals surface area contributed by atoms with E-state index in [1.165, 1.54) is 12.8 Å². The van der Waals surface area contributed by atoms with E-state index in [9.17, 15) is 4.79 Å². The number of benzene rings is 1. The summed E-state index contributed by atoms with van der Waals surface area (Å²) >= 11 is 2.24. The number of aromatic amines is 1. The molecule has 1 aromatic carbocycles. The van der Waals surface area contributed by atoms with Gasteiger partial charge in [0.05, 0.1) is 0 Å². The first-order chi connectivity index (χ1) is 11.2. The van der Waals surface area contributed by atoms with Crippen molar-refractivity contribution in [1.82, 2.24) is 20.1 Å². The third kappa shape index (κ3) is 3.27. The van der Waals surface area contributed by atoms with Crippen LogP contribution in [0, 0.1) is 3.57 Å². The molecule has 1 aliphatic heterocycles. The number of hydrogen-bond donors (Lipinski definition) is 1. The molecule has 1 aromatic heterocycles. The molecule has 0 radical (unpaired) electrons. The lowest BCUT2D eigenvalue weighted by molar-refractivity contribution is 0.0711. The zero-order chi connectivity index (χ0) is 15.8. The summed E-state index contributed by atoms with van der Waals surface area (Å²) in [6.07, 6.45) is 4.35. The maximum atomic E-state index is 12.6. The third-order valence-electron chi connectivity index (χ3n) is 4.70. The first-order valence-corrected chi connectivity index (χ1v) is 9.25. The molecule has 0 atom stereocenters. The number of piperidine rings is 1. The first-order valence-electron chi connectivity index (χ1n) is 8.18. The van der Waals surface area contributed by atoms with Crippen LogP contribution in [0.15, 0.2) is 24.3 Å². The molecule has 1 N–H and O–H groups in total. The van der Waals surface area contributed by atoms with Gasteiger partial charge in [-0.3, -0.25) is 9.89 Å². The van der Waals surface area contributed by atoms with Gasteiger partial charge in [0.15, 0.2) is 5.82 Å². The SMILES string of the molecule is O=C(c1cccc(I)c1)N1CCC(c2nc(C3CC3)n[nH]2)CC1. The number of nitrogens with zero attached hydrogens (tertiary/aromatic N) is 3. The number of nitrogens with one attached hydrogen (secondary N) is 1. The molecular formula is C17H19IN4O. The Labute approximate surface area is 149 Å². The molecule has 0 bridgehead atoms. The highest BCUT2D eigenvalue weighted by Crippen LogP contribution is 2.38. The van der Waals surface area contributed by atoms with Gasteiger partial charge in [0.25, 0.3) is 5.91 Å². The number of rotatable bonds is 3. The largest absolute Gasteiger partial charge is 0.339 e. The Morgan fingerprint density at radius 2 is 1.96 bits per heavy atom. The quantitative estimate of drug-likeness (QED) is 0.773. The van der Waals surface area contributed by atoms with Crippen LogP contribution >= 0.6 is 22.6 Å². The highest BCUT2D eigenvalue weighted by molar-refractivity contribution is 14.1. The number of amides is 1. The fourth-order valence-corrected chi connectivity index (χ4v) is 3.70. The minimum atomic E-state index is 0.137. The van der Waals surface area contributed by atoms with Gasteiger partial charge in [0.1, 0.15) is 5.82 Å². The normalized spacial score (nSPS) is 19.1. The van der Waals surface area contributed by atoms with E-state index in [2.05, 4.69) is 37.8 Å². The van der Waals surface area contributed by atoms with Crippen LogP contribution in [-0.4, -0.2) is 39.1 Å². The van der Waals surface area contributed by atoms with E-state index < -0.39 is 0 Å². The minimum Gasteiger partial charge on any atom is -0.339 e. The maximum absolute atomic E-state index is 12.6. The molecule has 5 nitrogen and oxygen atoms in total. The molecule has 6 heteroatoms. The van der Waals surface area contributed by atoms with Gasteiger partial charge >= 0.3 is 0 Å². The Morgan fingerprint density at radius 3 is 2.65 bits per heavy atom. The molecule has 1 aliphatic carbocycles. The van der Waals surface area contributed by atoms with Gasteiger partial charge in [-0.05, 0) is 66.5 Å². The lowest BCUT2D eigenvalue weighted by atomic mass is 9.95. The second-order valence-corrected chi connectivity index (χ2v) is 7.68. The smallest absolute Gasteiger partial charge is 0.253 e. The van der Waals surface area contributed by atoms with Gasteiger partial charge in [-0.25, -0.2) is 4.98 Å². The number of halogens is 1. The molecule has 2 aromatic rings. The van der Waals surface area contributed by atoms with Gasteiger partial charge in [-0.1, -0.05) is 6.07 Å². The van der Waals surface area contributed by atoms with Crippen LogP contribution in [0.4, 0.5) is 0 Å². The number of hydrogen-bond acceptors (Lipinski definition) is 3. The molecule has 0 spiro atoms. The van der Waals surface area contributed by atoms with Gasteiger partial charge < -0.3 is 4.90 Å². The Kier molecular flexibility index (Phi) is 4.09. The standard InChI is InChI=1S/C17H19IN4O/c18-14-3-1-2-13(10-14)17(23)22-8-6-12(7-9-22)16-19-15(20-21-16)11-4-5-11/h1-3,10-12H,4-9H2,(H,19,20,21). The fourth-order valence-electron chi connectivity index (χ4n) is 3.15.